The summed E-state index contributed by atoms with van der Waals surface area (Å²) in [6, 6.07) is 0.523. The number of carbonyl (C=O) groups excluding carboxylic acids is 1. The van der Waals surface area contributed by atoms with Crippen molar-refractivity contribution >= 4 is 5.91 Å². The average Bonchev–Trinajstić information content (AvgIpc) is 2.81. The zero-order valence-electron chi connectivity index (χ0n) is 8.63. The molecule has 1 aliphatic carbocycles. The first-order valence-corrected chi connectivity index (χ1v) is 5.13. The van der Waals surface area contributed by atoms with Gasteiger partial charge in [-0.25, -0.2) is 0 Å². The Morgan fingerprint density at radius 1 is 1.54 bits per heavy atom. The van der Waals surface area contributed by atoms with Crippen LogP contribution in [0.15, 0.2) is 0 Å². The number of hydrogen-bond donors (Lipinski definition) is 1. The third kappa shape index (κ3) is 1.26. The second-order valence-electron chi connectivity index (χ2n) is 4.65. The molecule has 1 amide bonds. The summed E-state index contributed by atoms with van der Waals surface area (Å²) in [6.45, 7) is 6.99. The van der Waals surface area contributed by atoms with E-state index < -0.39 is 0 Å². The Bertz CT molecular complexity index is 235. The van der Waals surface area contributed by atoms with Crippen molar-refractivity contribution < 1.29 is 4.79 Å². The Kier molecular flexibility index (Phi) is 1.88. The molecule has 0 radical (unpaired) electrons. The second kappa shape index (κ2) is 2.71. The second-order valence-corrected chi connectivity index (χ2v) is 4.65. The van der Waals surface area contributed by atoms with Crippen molar-refractivity contribution in [3.8, 4) is 0 Å². The Morgan fingerprint density at radius 3 is 2.62 bits per heavy atom. The molecule has 0 aromatic rings. The van der Waals surface area contributed by atoms with Gasteiger partial charge in [0.25, 0.3) is 0 Å². The van der Waals surface area contributed by atoms with E-state index in [1.165, 1.54) is 12.8 Å². The molecule has 0 aromatic heterocycles. The Morgan fingerprint density at radius 2 is 2.15 bits per heavy atom. The van der Waals surface area contributed by atoms with Crippen molar-refractivity contribution in [2.45, 2.75) is 45.3 Å². The molecule has 13 heavy (non-hydrogen) atoms. The molecule has 1 atom stereocenters. The monoisotopic (exact) mass is 182 g/mol. The highest BCUT2D eigenvalue weighted by atomic mass is 16.2. The topological polar surface area (TPSA) is 32.3 Å². The molecule has 2 fully saturated rings. The lowest BCUT2D eigenvalue weighted by molar-refractivity contribution is -0.131. The number of nitrogens with one attached hydrogen (secondary N) is 1. The molecule has 74 valence electrons. The molecule has 1 saturated carbocycles. The third-order valence-corrected chi connectivity index (χ3v) is 3.40. The number of amides is 1. The molecule has 1 heterocycles. The molecule has 1 aliphatic heterocycles. The number of rotatable bonds is 2. The van der Waals surface area contributed by atoms with Crippen LogP contribution in [0.25, 0.3) is 0 Å². The van der Waals surface area contributed by atoms with E-state index in [4.69, 9.17) is 0 Å². The minimum atomic E-state index is -0.0990. The van der Waals surface area contributed by atoms with Gasteiger partial charge in [0.05, 0.1) is 12.2 Å². The van der Waals surface area contributed by atoms with Gasteiger partial charge in [-0.1, -0.05) is 13.8 Å². The molecule has 1 unspecified atom stereocenters. The van der Waals surface area contributed by atoms with E-state index in [9.17, 15) is 4.79 Å². The summed E-state index contributed by atoms with van der Waals surface area (Å²) in [5.74, 6) is 0.748. The molecule has 2 aliphatic rings. The largest absolute Gasteiger partial charge is 0.320 e. The van der Waals surface area contributed by atoms with Crippen molar-refractivity contribution in [2.24, 2.45) is 5.92 Å². The van der Waals surface area contributed by atoms with Gasteiger partial charge in [0, 0.05) is 6.04 Å². The summed E-state index contributed by atoms with van der Waals surface area (Å²) in [4.78, 5) is 13.7. The summed E-state index contributed by atoms with van der Waals surface area (Å²) >= 11 is 0. The van der Waals surface area contributed by atoms with E-state index in [0.29, 0.717) is 18.5 Å². The third-order valence-electron chi connectivity index (χ3n) is 3.40. The van der Waals surface area contributed by atoms with Crippen molar-refractivity contribution in [3.05, 3.63) is 0 Å². The molecule has 0 spiro atoms. The SMILES string of the molecule is CC(C)C1(C)NCC(=O)N1C1CC1. The van der Waals surface area contributed by atoms with Gasteiger partial charge in [-0.05, 0) is 25.7 Å². The van der Waals surface area contributed by atoms with Gasteiger partial charge < -0.3 is 4.90 Å². The van der Waals surface area contributed by atoms with Crippen LogP contribution in [-0.4, -0.2) is 29.1 Å². The van der Waals surface area contributed by atoms with E-state index in [1.807, 2.05) is 0 Å². The Balaban J connectivity index is 2.22. The molecular weight excluding hydrogens is 164 g/mol. The molecule has 0 aromatic carbocycles. The quantitative estimate of drug-likeness (QED) is 0.689. The van der Waals surface area contributed by atoms with Crippen molar-refractivity contribution in [1.82, 2.24) is 10.2 Å². The Labute approximate surface area is 79.5 Å². The maximum atomic E-state index is 11.6. The molecule has 0 bridgehead atoms. The lowest BCUT2D eigenvalue weighted by Gasteiger charge is -2.38. The van der Waals surface area contributed by atoms with Crippen LogP contribution in [-0.2, 0) is 4.79 Å². The van der Waals surface area contributed by atoms with Gasteiger partial charge in [-0.3, -0.25) is 10.1 Å². The summed E-state index contributed by atoms with van der Waals surface area (Å²) in [5.41, 5.74) is -0.0990. The lowest BCUT2D eigenvalue weighted by Crippen LogP contribution is -2.54. The fourth-order valence-corrected chi connectivity index (χ4v) is 2.08. The highest BCUT2D eigenvalue weighted by molar-refractivity contribution is 5.82. The maximum absolute atomic E-state index is 11.6. The van der Waals surface area contributed by atoms with E-state index >= 15 is 0 Å². The number of hydrogen-bond acceptors (Lipinski definition) is 2. The fourth-order valence-electron chi connectivity index (χ4n) is 2.08. The van der Waals surface area contributed by atoms with Crippen molar-refractivity contribution in [3.63, 3.8) is 0 Å². The zero-order valence-corrected chi connectivity index (χ0v) is 8.63. The fraction of sp³-hybridized carbons (Fsp3) is 0.900. The zero-order chi connectivity index (χ0) is 9.64. The molecule has 3 heteroatoms. The first-order chi connectivity index (χ1) is 6.05. The molecule has 2 rings (SSSR count). The van der Waals surface area contributed by atoms with E-state index in [2.05, 4.69) is 31.0 Å². The van der Waals surface area contributed by atoms with Crippen LogP contribution in [0.2, 0.25) is 0 Å². The summed E-state index contributed by atoms with van der Waals surface area (Å²) in [7, 11) is 0. The standard InChI is InChI=1S/C10H18N2O/c1-7(2)10(3)11-6-9(13)12(10)8-4-5-8/h7-8,11H,4-6H2,1-3H3. The average molecular weight is 182 g/mol. The van der Waals surface area contributed by atoms with Crippen LogP contribution in [0, 0.1) is 5.92 Å². The van der Waals surface area contributed by atoms with Crippen LogP contribution in [0.1, 0.15) is 33.6 Å². The van der Waals surface area contributed by atoms with Gasteiger partial charge in [0.2, 0.25) is 5.91 Å². The first kappa shape index (κ1) is 9.00. The van der Waals surface area contributed by atoms with Gasteiger partial charge in [-0.2, -0.15) is 0 Å². The van der Waals surface area contributed by atoms with E-state index in [-0.39, 0.29) is 11.6 Å². The summed E-state index contributed by atoms with van der Waals surface area (Å²) in [5, 5.41) is 3.33. The van der Waals surface area contributed by atoms with E-state index in [1.54, 1.807) is 0 Å². The predicted molar refractivity (Wildman–Crippen MR) is 51.1 cm³/mol. The van der Waals surface area contributed by atoms with Crippen LogP contribution >= 0.6 is 0 Å². The smallest absolute Gasteiger partial charge is 0.238 e. The Hall–Kier alpha value is -0.570. The van der Waals surface area contributed by atoms with Crippen LogP contribution < -0.4 is 5.32 Å². The number of carbonyl (C=O) groups is 1. The summed E-state index contributed by atoms with van der Waals surface area (Å²) in [6.07, 6.45) is 2.38. The first-order valence-electron chi connectivity index (χ1n) is 5.13. The van der Waals surface area contributed by atoms with Gasteiger partial charge in [-0.15, -0.1) is 0 Å². The van der Waals surface area contributed by atoms with Crippen molar-refractivity contribution in [2.75, 3.05) is 6.54 Å². The van der Waals surface area contributed by atoms with Gasteiger partial charge >= 0.3 is 0 Å². The highest BCUT2D eigenvalue weighted by Crippen LogP contribution is 2.37. The van der Waals surface area contributed by atoms with Crippen LogP contribution in [0.4, 0.5) is 0 Å². The molecule has 1 saturated heterocycles. The normalized spacial score (nSPS) is 34.8. The van der Waals surface area contributed by atoms with Gasteiger partial charge in [0.1, 0.15) is 0 Å². The van der Waals surface area contributed by atoms with Crippen LogP contribution in [0.3, 0.4) is 0 Å². The maximum Gasteiger partial charge on any atom is 0.238 e. The van der Waals surface area contributed by atoms with Crippen molar-refractivity contribution in [1.29, 1.82) is 0 Å². The predicted octanol–water partition coefficient (Wildman–Crippen LogP) is 0.953. The molecule has 3 nitrogen and oxygen atoms in total. The minimum Gasteiger partial charge on any atom is -0.320 e. The summed E-state index contributed by atoms with van der Waals surface area (Å²) < 4.78 is 0. The van der Waals surface area contributed by atoms with E-state index in [0.717, 1.165) is 0 Å². The molecule has 1 N–H and O–H groups in total. The van der Waals surface area contributed by atoms with Crippen LogP contribution in [0.5, 0.6) is 0 Å². The number of nitrogens with zero attached hydrogens (tertiary/aromatic N) is 1. The highest BCUT2D eigenvalue weighted by Gasteiger charge is 2.49. The lowest BCUT2D eigenvalue weighted by atomic mass is 9.97. The van der Waals surface area contributed by atoms with Gasteiger partial charge in [0.15, 0.2) is 0 Å². The molecular formula is C10H18N2O. The minimum absolute atomic E-state index is 0.0990.